The lowest BCUT2D eigenvalue weighted by molar-refractivity contribution is 0.512. The third kappa shape index (κ3) is 3.38. The van der Waals surface area contributed by atoms with Gasteiger partial charge in [0.15, 0.2) is 0 Å². The summed E-state index contributed by atoms with van der Waals surface area (Å²) >= 11 is 6.34. The largest absolute Gasteiger partial charge is 0.350 e. The van der Waals surface area contributed by atoms with Gasteiger partial charge in [-0.05, 0) is 57.7 Å². The van der Waals surface area contributed by atoms with Crippen molar-refractivity contribution in [2.75, 3.05) is 13.3 Å². The van der Waals surface area contributed by atoms with Gasteiger partial charge in [-0.1, -0.05) is 29.5 Å². The molecule has 0 atom stereocenters. The van der Waals surface area contributed by atoms with Gasteiger partial charge in [0.25, 0.3) is 0 Å². The molecule has 1 aromatic carbocycles. The van der Waals surface area contributed by atoms with Crippen molar-refractivity contribution in [3.05, 3.63) is 44.6 Å². The van der Waals surface area contributed by atoms with Crippen LogP contribution in [0.4, 0.5) is 0 Å². The third-order valence-electron chi connectivity index (χ3n) is 3.98. The molecule has 1 aromatic heterocycles. The molecule has 0 fully saturated rings. The average molecular weight is 362 g/mol. The van der Waals surface area contributed by atoms with Gasteiger partial charge in [-0.2, -0.15) is 4.68 Å². The number of hydrogen-bond acceptors (Lipinski definition) is 2. The van der Waals surface area contributed by atoms with Crippen LogP contribution in [0.2, 0.25) is 5.02 Å². The fraction of sp³-hybridized carbons (Fsp3) is 0.389. The zero-order chi connectivity index (χ0) is 17.5. The quantitative estimate of drug-likeness (QED) is 0.577. The van der Waals surface area contributed by atoms with Crippen LogP contribution in [-0.2, 0) is 13.0 Å². The Labute approximate surface area is 147 Å². The van der Waals surface area contributed by atoms with Gasteiger partial charge < -0.3 is 0 Å². The summed E-state index contributed by atoms with van der Waals surface area (Å²) in [5.41, 5.74) is 5.48. The molecule has 0 N–H and O–H groups in total. The molecule has 0 spiro atoms. The van der Waals surface area contributed by atoms with Crippen LogP contribution in [0.25, 0.3) is 5.69 Å². The summed E-state index contributed by atoms with van der Waals surface area (Å²) in [5.74, 6) is 3.99. The van der Waals surface area contributed by atoms with Gasteiger partial charge in [0, 0.05) is 18.5 Å². The van der Waals surface area contributed by atoms with E-state index in [-0.39, 0.29) is 5.69 Å². The Hall–Kier alpha value is -1.69. The van der Waals surface area contributed by atoms with Crippen molar-refractivity contribution in [1.82, 2.24) is 14.3 Å². The van der Waals surface area contributed by atoms with E-state index >= 15 is 0 Å². The van der Waals surface area contributed by atoms with Gasteiger partial charge in [0.05, 0.1) is 10.7 Å². The highest BCUT2D eigenvalue weighted by Gasteiger charge is 2.19. The van der Waals surface area contributed by atoms with E-state index in [4.69, 9.17) is 11.6 Å². The fourth-order valence-corrected chi connectivity index (χ4v) is 3.44. The molecule has 1 aliphatic heterocycles. The number of rotatable bonds is 1. The maximum Gasteiger partial charge on any atom is 0.350 e. The molecule has 24 heavy (non-hydrogen) atoms. The van der Waals surface area contributed by atoms with E-state index in [0.29, 0.717) is 10.6 Å². The smallest absolute Gasteiger partial charge is 0.279 e. The number of nitrogens with zero attached hydrogens (tertiary/aromatic N) is 3. The minimum Gasteiger partial charge on any atom is -0.279 e. The topological polar surface area (TPSA) is 39.8 Å². The second-order valence-electron chi connectivity index (χ2n) is 6.76. The van der Waals surface area contributed by atoms with Crippen molar-refractivity contribution in [1.29, 1.82) is 0 Å². The van der Waals surface area contributed by atoms with Crippen molar-refractivity contribution in [3.63, 3.8) is 0 Å². The summed E-state index contributed by atoms with van der Waals surface area (Å²) in [7, 11) is 0. The molecular weight excluding hydrogens is 341 g/mol. The van der Waals surface area contributed by atoms with Crippen LogP contribution in [0, 0.1) is 18.5 Å². The number of fused-ring (bicyclic) bond motifs is 1. The Morgan fingerprint density at radius 1 is 1.33 bits per heavy atom. The Balaban J connectivity index is 2.15. The Kier molecular flexibility index (Phi) is 4.51. The Morgan fingerprint density at radius 2 is 2.08 bits per heavy atom. The highest BCUT2D eigenvalue weighted by molar-refractivity contribution is 7.77. The minimum atomic E-state index is -1.47. The molecule has 6 heteroatoms. The maximum atomic E-state index is 12.7. The summed E-state index contributed by atoms with van der Waals surface area (Å²) in [5, 5.41) is 5.12. The lowest BCUT2D eigenvalue weighted by Gasteiger charge is -2.09. The molecule has 0 aliphatic carbocycles. The van der Waals surface area contributed by atoms with Crippen molar-refractivity contribution >= 4 is 24.8 Å². The summed E-state index contributed by atoms with van der Waals surface area (Å²) in [4.78, 5) is 12.7. The van der Waals surface area contributed by atoms with Crippen LogP contribution in [0.3, 0.4) is 0 Å². The summed E-state index contributed by atoms with van der Waals surface area (Å²) in [6, 6.07) is 3.71. The first-order valence-electron chi connectivity index (χ1n) is 7.97. The molecule has 3 rings (SSSR count). The lowest BCUT2D eigenvalue weighted by Crippen LogP contribution is -2.26. The summed E-state index contributed by atoms with van der Waals surface area (Å²) in [6.07, 6.45) is 7.05. The predicted octanol–water partition coefficient (Wildman–Crippen LogP) is 3.35. The SMILES string of the molecule is C=P(C)(C)C#Cc1cc(-n2nc3n(c2=O)CCCC3)c(C)cc1Cl. The second kappa shape index (κ2) is 6.31. The average Bonchev–Trinajstić information content (AvgIpc) is 2.83. The first-order chi connectivity index (χ1) is 11.3. The molecule has 2 aromatic rings. The first kappa shape index (κ1) is 17.1. The van der Waals surface area contributed by atoms with Crippen LogP contribution in [0.1, 0.15) is 29.8 Å². The Bertz CT molecular complexity index is 969. The van der Waals surface area contributed by atoms with Gasteiger partial charge in [-0.25, -0.2) is 4.79 Å². The molecular formula is C18H21ClN3OP. The molecule has 0 bridgehead atoms. The van der Waals surface area contributed by atoms with Crippen molar-refractivity contribution in [2.24, 2.45) is 0 Å². The van der Waals surface area contributed by atoms with Gasteiger partial charge in [0.2, 0.25) is 0 Å². The summed E-state index contributed by atoms with van der Waals surface area (Å²) in [6.45, 7) is 5.31. The van der Waals surface area contributed by atoms with Gasteiger partial charge in [0.1, 0.15) is 5.82 Å². The lowest BCUT2D eigenvalue weighted by atomic mass is 10.1. The van der Waals surface area contributed by atoms with Crippen molar-refractivity contribution in [3.8, 4) is 17.3 Å². The van der Waals surface area contributed by atoms with Gasteiger partial charge in [-0.3, -0.25) is 4.57 Å². The van der Waals surface area contributed by atoms with E-state index in [9.17, 15) is 4.79 Å². The van der Waals surface area contributed by atoms with Gasteiger partial charge >= 0.3 is 5.69 Å². The van der Waals surface area contributed by atoms with E-state index in [1.54, 1.807) is 4.57 Å². The van der Waals surface area contributed by atoms with E-state index < -0.39 is 6.89 Å². The van der Waals surface area contributed by atoms with Gasteiger partial charge in [-0.15, -0.1) is 5.10 Å². The second-order valence-corrected chi connectivity index (χ2v) is 10.8. The zero-order valence-electron chi connectivity index (χ0n) is 14.3. The highest BCUT2D eigenvalue weighted by Crippen LogP contribution is 2.33. The monoisotopic (exact) mass is 361 g/mol. The van der Waals surface area contributed by atoms with Crippen LogP contribution in [0.15, 0.2) is 16.9 Å². The van der Waals surface area contributed by atoms with E-state index in [1.165, 1.54) is 4.68 Å². The molecule has 4 nitrogen and oxygen atoms in total. The fourth-order valence-electron chi connectivity index (χ4n) is 2.75. The Morgan fingerprint density at radius 3 is 2.75 bits per heavy atom. The predicted molar refractivity (Wildman–Crippen MR) is 103 cm³/mol. The van der Waals surface area contributed by atoms with Crippen LogP contribution in [0.5, 0.6) is 0 Å². The zero-order valence-corrected chi connectivity index (χ0v) is 15.9. The molecule has 0 saturated carbocycles. The number of benzene rings is 1. The van der Waals surface area contributed by atoms with Crippen LogP contribution in [-0.4, -0.2) is 34.0 Å². The molecule has 1 aliphatic rings. The number of aromatic nitrogens is 3. The molecule has 0 saturated heterocycles. The van der Waals surface area contributed by atoms with E-state index in [1.807, 2.05) is 19.1 Å². The number of hydrogen-bond donors (Lipinski definition) is 0. The number of halogens is 1. The third-order valence-corrected chi connectivity index (χ3v) is 5.01. The normalized spacial score (nSPS) is 14.0. The van der Waals surface area contributed by atoms with Crippen molar-refractivity contribution in [2.45, 2.75) is 32.7 Å². The minimum absolute atomic E-state index is 0.0842. The van der Waals surface area contributed by atoms with Crippen LogP contribution >= 0.6 is 18.5 Å². The van der Waals surface area contributed by atoms with Crippen molar-refractivity contribution < 1.29 is 0 Å². The van der Waals surface area contributed by atoms with E-state index in [0.717, 1.165) is 42.9 Å². The summed E-state index contributed by atoms with van der Waals surface area (Å²) < 4.78 is 3.26. The highest BCUT2D eigenvalue weighted by atomic mass is 35.5. The maximum absolute atomic E-state index is 12.7. The standard InChI is InChI=1S/C18H21ClN3OP/c1-13-11-15(19)14(8-10-24(2,3)4)12-16(13)22-18(23)21-9-6-5-7-17(21)20-22/h11-12H,2,5-7,9H2,1,3-4H3. The molecule has 0 unspecified atom stereocenters. The number of aryl methyl sites for hydroxylation is 2. The molecule has 0 radical (unpaired) electrons. The molecule has 0 amide bonds. The van der Waals surface area contributed by atoms with E-state index in [2.05, 4.69) is 36.3 Å². The van der Waals surface area contributed by atoms with Crippen LogP contribution < -0.4 is 5.69 Å². The molecule has 2 heterocycles. The first-order valence-corrected chi connectivity index (χ1v) is 11.2. The molecule has 126 valence electrons.